The second-order valence-electron chi connectivity index (χ2n) is 5.64. The van der Waals surface area contributed by atoms with Gasteiger partial charge >= 0.3 is 0 Å². The highest BCUT2D eigenvalue weighted by molar-refractivity contribution is 14.0. The average Bonchev–Trinajstić information content (AvgIpc) is 2.67. The van der Waals surface area contributed by atoms with E-state index in [1.807, 2.05) is 42.5 Å². The molecule has 3 rings (SSSR count). The number of methoxy groups -OCH3 is 1. The molecule has 2 aromatic rings. The molecule has 0 radical (unpaired) electrons. The Kier molecular flexibility index (Phi) is 7.92. The fraction of sp³-hybridized carbons (Fsp3) is 0.333. The molecule has 3 N–H and O–H groups in total. The smallest absolute Gasteiger partial charge is 0.193 e. The molecule has 0 bridgehead atoms. The third-order valence-corrected chi connectivity index (χ3v) is 3.88. The van der Waals surface area contributed by atoms with Crippen molar-refractivity contribution in [3.63, 3.8) is 0 Å². The highest BCUT2D eigenvalue weighted by atomic mass is 127. The van der Waals surface area contributed by atoms with Crippen LogP contribution >= 0.6 is 24.0 Å². The molecule has 1 aromatic heterocycles. The summed E-state index contributed by atoms with van der Waals surface area (Å²) < 4.78 is 10.6. The number of guanidine groups is 1. The van der Waals surface area contributed by atoms with Gasteiger partial charge < -0.3 is 25.4 Å². The number of nitrogens with zero attached hydrogens (tertiary/aromatic N) is 3. The SMILES string of the molecule is COc1cccc(NC(N)=NCc2cccc(N3CCOCC3)n2)c1.I. The molecular weight excluding hydrogens is 445 g/mol. The zero-order chi connectivity index (χ0) is 17.5. The first-order valence-corrected chi connectivity index (χ1v) is 8.24. The summed E-state index contributed by atoms with van der Waals surface area (Å²) in [6.45, 7) is 3.61. The molecule has 0 atom stereocenters. The Bertz CT molecular complexity index is 735. The van der Waals surface area contributed by atoms with Gasteiger partial charge in [-0.2, -0.15) is 0 Å². The third kappa shape index (κ3) is 5.73. The minimum atomic E-state index is 0. The molecule has 1 aliphatic heterocycles. The lowest BCUT2D eigenvalue weighted by Gasteiger charge is -2.27. The van der Waals surface area contributed by atoms with Crippen molar-refractivity contribution in [2.24, 2.45) is 10.7 Å². The van der Waals surface area contributed by atoms with Gasteiger partial charge in [0.25, 0.3) is 0 Å². The van der Waals surface area contributed by atoms with Crippen molar-refractivity contribution in [1.82, 2.24) is 4.98 Å². The molecule has 0 aliphatic carbocycles. The van der Waals surface area contributed by atoms with Crippen molar-refractivity contribution >= 4 is 41.4 Å². The number of benzene rings is 1. The summed E-state index contributed by atoms with van der Waals surface area (Å²) in [6.07, 6.45) is 0. The van der Waals surface area contributed by atoms with Gasteiger partial charge in [-0.15, -0.1) is 24.0 Å². The largest absolute Gasteiger partial charge is 0.497 e. The van der Waals surface area contributed by atoms with Crippen LogP contribution in [0.2, 0.25) is 0 Å². The van der Waals surface area contributed by atoms with Crippen LogP contribution in [0.4, 0.5) is 11.5 Å². The van der Waals surface area contributed by atoms with Crippen molar-refractivity contribution in [3.8, 4) is 5.75 Å². The molecule has 0 saturated carbocycles. The van der Waals surface area contributed by atoms with Crippen LogP contribution in [0.25, 0.3) is 0 Å². The van der Waals surface area contributed by atoms with Crippen molar-refractivity contribution < 1.29 is 9.47 Å². The van der Waals surface area contributed by atoms with Gasteiger partial charge in [0.2, 0.25) is 0 Å². The van der Waals surface area contributed by atoms with E-state index in [1.165, 1.54) is 0 Å². The predicted molar refractivity (Wildman–Crippen MR) is 115 cm³/mol. The highest BCUT2D eigenvalue weighted by Gasteiger charge is 2.12. The molecule has 1 aromatic carbocycles. The third-order valence-electron chi connectivity index (χ3n) is 3.88. The second kappa shape index (κ2) is 10.2. The molecule has 1 aliphatic rings. The zero-order valence-electron chi connectivity index (χ0n) is 14.7. The summed E-state index contributed by atoms with van der Waals surface area (Å²) in [6, 6.07) is 13.5. The minimum Gasteiger partial charge on any atom is -0.497 e. The van der Waals surface area contributed by atoms with E-state index in [9.17, 15) is 0 Å². The van der Waals surface area contributed by atoms with E-state index in [4.69, 9.17) is 15.2 Å². The summed E-state index contributed by atoms with van der Waals surface area (Å²) in [5.41, 5.74) is 7.67. The first-order valence-electron chi connectivity index (χ1n) is 8.24. The number of aliphatic imine (C=N–C) groups is 1. The van der Waals surface area contributed by atoms with Crippen LogP contribution in [0.5, 0.6) is 5.75 Å². The maximum Gasteiger partial charge on any atom is 0.193 e. The number of hydrogen-bond acceptors (Lipinski definition) is 5. The van der Waals surface area contributed by atoms with Crippen LogP contribution in [0.15, 0.2) is 47.5 Å². The van der Waals surface area contributed by atoms with Gasteiger partial charge in [-0.3, -0.25) is 0 Å². The number of aromatic nitrogens is 1. The number of ether oxygens (including phenoxy) is 2. The van der Waals surface area contributed by atoms with E-state index in [-0.39, 0.29) is 24.0 Å². The van der Waals surface area contributed by atoms with Crippen LogP contribution in [-0.4, -0.2) is 44.4 Å². The van der Waals surface area contributed by atoms with Crippen molar-refractivity contribution in [3.05, 3.63) is 48.2 Å². The van der Waals surface area contributed by atoms with E-state index in [0.717, 1.165) is 49.3 Å². The predicted octanol–water partition coefficient (Wildman–Crippen LogP) is 2.47. The van der Waals surface area contributed by atoms with Gasteiger partial charge in [-0.25, -0.2) is 9.98 Å². The maximum absolute atomic E-state index is 5.97. The fourth-order valence-electron chi connectivity index (χ4n) is 2.58. The van der Waals surface area contributed by atoms with Crippen molar-refractivity contribution in [2.75, 3.05) is 43.6 Å². The number of pyridine rings is 1. The number of morpholine rings is 1. The van der Waals surface area contributed by atoms with Crippen LogP contribution in [0, 0.1) is 0 Å². The molecule has 2 heterocycles. The Balaban J connectivity index is 0.00000243. The van der Waals surface area contributed by atoms with Crippen LogP contribution < -0.4 is 20.7 Å². The zero-order valence-corrected chi connectivity index (χ0v) is 17.1. The monoisotopic (exact) mass is 469 g/mol. The molecule has 0 spiro atoms. The standard InChI is InChI=1S/C18H23N5O2.HI/c1-24-16-6-2-4-14(12-16)22-18(19)20-13-15-5-3-7-17(21-15)23-8-10-25-11-9-23;/h2-7,12H,8-11,13H2,1H3,(H3,19,20,22);1H. The van der Waals surface area contributed by atoms with Gasteiger partial charge in [0.15, 0.2) is 5.96 Å². The Labute approximate surface area is 170 Å². The number of halogens is 1. The van der Waals surface area contributed by atoms with E-state index < -0.39 is 0 Å². The number of anilines is 2. The summed E-state index contributed by atoms with van der Waals surface area (Å²) in [5.74, 6) is 2.06. The topological polar surface area (TPSA) is 85.0 Å². The number of hydrogen-bond donors (Lipinski definition) is 2. The summed E-state index contributed by atoms with van der Waals surface area (Å²) in [5, 5.41) is 3.06. The molecule has 26 heavy (non-hydrogen) atoms. The Morgan fingerprint density at radius 2 is 2.04 bits per heavy atom. The van der Waals surface area contributed by atoms with E-state index >= 15 is 0 Å². The first kappa shape index (κ1) is 20.2. The molecule has 0 unspecified atom stereocenters. The van der Waals surface area contributed by atoms with Crippen LogP contribution in [0.3, 0.4) is 0 Å². The molecular formula is C18H24IN5O2. The maximum atomic E-state index is 5.97. The number of rotatable bonds is 5. The van der Waals surface area contributed by atoms with Gasteiger partial charge in [0.05, 0.1) is 32.6 Å². The lowest BCUT2D eigenvalue weighted by molar-refractivity contribution is 0.122. The lowest BCUT2D eigenvalue weighted by Crippen LogP contribution is -2.36. The highest BCUT2D eigenvalue weighted by Crippen LogP contribution is 2.17. The molecule has 7 nitrogen and oxygen atoms in total. The fourth-order valence-corrected chi connectivity index (χ4v) is 2.58. The molecule has 1 fully saturated rings. The second-order valence-corrected chi connectivity index (χ2v) is 5.64. The Hall–Kier alpha value is -2.07. The molecule has 0 amide bonds. The van der Waals surface area contributed by atoms with E-state index in [0.29, 0.717) is 12.5 Å². The molecule has 140 valence electrons. The first-order chi connectivity index (χ1) is 12.2. The summed E-state index contributed by atoms with van der Waals surface area (Å²) in [7, 11) is 1.63. The van der Waals surface area contributed by atoms with Gasteiger partial charge in [0.1, 0.15) is 11.6 Å². The summed E-state index contributed by atoms with van der Waals surface area (Å²) >= 11 is 0. The van der Waals surface area contributed by atoms with Gasteiger partial charge in [0, 0.05) is 24.8 Å². The Morgan fingerprint density at radius 1 is 1.27 bits per heavy atom. The Morgan fingerprint density at radius 3 is 2.81 bits per heavy atom. The van der Waals surface area contributed by atoms with Crippen molar-refractivity contribution in [1.29, 1.82) is 0 Å². The van der Waals surface area contributed by atoms with E-state index in [2.05, 4.69) is 20.2 Å². The van der Waals surface area contributed by atoms with E-state index in [1.54, 1.807) is 7.11 Å². The lowest BCUT2D eigenvalue weighted by atomic mass is 10.3. The van der Waals surface area contributed by atoms with Gasteiger partial charge in [-0.05, 0) is 24.3 Å². The minimum absolute atomic E-state index is 0. The molecule has 8 heteroatoms. The quantitative estimate of drug-likeness (QED) is 0.398. The van der Waals surface area contributed by atoms with Gasteiger partial charge in [-0.1, -0.05) is 12.1 Å². The molecule has 1 saturated heterocycles. The van der Waals surface area contributed by atoms with Crippen molar-refractivity contribution in [2.45, 2.75) is 6.54 Å². The summed E-state index contributed by atoms with van der Waals surface area (Å²) in [4.78, 5) is 11.2. The van der Waals surface area contributed by atoms with Crippen LogP contribution in [-0.2, 0) is 11.3 Å². The number of nitrogens with one attached hydrogen (secondary N) is 1. The van der Waals surface area contributed by atoms with Crippen LogP contribution in [0.1, 0.15) is 5.69 Å². The normalized spacial score (nSPS) is 14.5. The number of nitrogens with two attached hydrogens (primary N) is 1. The average molecular weight is 469 g/mol.